The fraction of sp³-hybridized carbons (Fsp3) is 0.238. The Bertz CT molecular complexity index is 1070. The zero-order valence-corrected chi connectivity index (χ0v) is 16.5. The van der Waals surface area contributed by atoms with Gasteiger partial charge in [0.25, 0.3) is 0 Å². The Morgan fingerprint density at radius 3 is 2.69 bits per heavy atom. The van der Waals surface area contributed by atoms with Crippen LogP contribution in [-0.4, -0.2) is 33.0 Å². The van der Waals surface area contributed by atoms with E-state index in [2.05, 4.69) is 36.6 Å². The Morgan fingerprint density at radius 2 is 1.86 bits per heavy atom. The van der Waals surface area contributed by atoms with Crippen molar-refractivity contribution in [3.05, 3.63) is 60.7 Å². The summed E-state index contributed by atoms with van der Waals surface area (Å²) in [5.41, 5.74) is 1.90. The molecule has 3 aromatic heterocycles. The first kappa shape index (κ1) is 18.0. The molecule has 8 heteroatoms. The first-order valence-corrected chi connectivity index (χ1v) is 10.4. The molecule has 1 aliphatic heterocycles. The molecule has 0 bridgehead atoms. The van der Waals surface area contributed by atoms with Crippen LogP contribution in [0.3, 0.4) is 0 Å². The van der Waals surface area contributed by atoms with Gasteiger partial charge in [0, 0.05) is 18.3 Å². The van der Waals surface area contributed by atoms with Gasteiger partial charge in [0.05, 0.1) is 16.4 Å². The molecule has 0 atom stereocenters. The van der Waals surface area contributed by atoms with E-state index in [4.69, 9.17) is 4.74 Å². The molecule has 1 fully saturated rings. The summed E-state index contributed by atoms with van der Waals surface area (Å²) in [7, 11) is 0. The summed E-state index contributed by atoms with van der Waals surface area (Å²) in [4.78, 5) is 18.0. The van der Waals surface area contributed by atoms with Gasteiger partial charge in [-0.05, 0) is 50.2 Å². The largest absolute Gasteiger partial charge is 0.436 e. The molecular formula is C21H20N6OS. The predicted molar refractivity (Wildman–Crippen MR) is 114 cm³/mol. The Hall–Kier alpha value is -3.10. The second-order valence-electron chi connectivity index (χ2n) is 6.86. The van der Waals surface area contributed by atoms with E-state index in [-0.39, 0.29) is 0 Å². The van der Waals surface area contributed by atoms with Crippen molar-refractivity contribution in [2.24, 2.45) is 0 Å². The van der Waals surface area contributed by atoms with E-state index < -0.39 is 0 Å². The Kier molecular flexibility index (Phi) is 5.02. The summed E-state index contributed by atoms with van der Waals surface area (Å²) in [5.74, 6) is 2.28. The third-order valence-electron chi connectivity index (χ3n) is 4.90. The number of nitrogens with one attached hydrogen (secondary N) is 2. The smallest absolute Gasteiger partial charge is 0.241 e. The number of benzene rings is 1. The molecular weight excluding hydrogens is 384 g/mol. The van der Waals surface area contributed by atoms with Crippen LogP contribution in [0, 0.1) is 0 Å². The predicted octanol–water partition coefficient (Wildman–Crippen LogP) is 4.48. The molecule has 0 saturated carbocycles. The highest BCUT2D eigenvalue weighted by atomic mass is 32.1. The van der Waals surface area contributed by atoms with E-state index in [1.807, 2.05) is 30.3 Å². The van der Waals surface area contributed by atoms with E-state index in [0.29, 0.717) is 23.4 Å². The number of thiazole rings is 1. The minimum atomic E-state index is 0.368. The quantitative estimate of drug-likeness (QED) is 0.507. The van der Waals surface area contributed by atoms with Crippen LogP contribution >= 0.6 is 11.3 Å². The van der Waals surface area contributed by atoms with Gasteiger partial charge in [-0.1, -0.05) is 23.5 Å². The lowest BCUT2D eigenvalue weighted by Gasteiger charge is -2.23. The van der Waals surface area contributed by atoms with E-state index in [1.54, 1.807) is 29.9 Å². The van der Waals surface area contributed by atoms with Gasteiger partial charge >= 0.3 is 0 Å². The van der Waals surface area contributed by atoms with Crippen molar-refractivity contribution in [2.45, 2.75) is 18.8 Å². The normalized spacial score (nSPS) is 14.8. The molecule has 146 valence electrons. The maximum atomic E-state index is 6.02. The lowest BCUT2D eigenvalue weighted by molar-refractivity contribution is 0.409. The number of para-hydroxylation sites is 1. The highest BCUT2D eigenvalue weighted by molar-refractivity contribution is 7.22. The Morgan fingerprint density at radius 1 is 1.00 bits per heavy atom. The zero-order chi connectivity index (χ0) is 19.5. The summed E-state index contributed by atoms with van der Waals surface area (Å²) >= 11 is 1.60. The van der Waals surface area contributed by atoms with Crippen LogP contribution in [0.5, 0.6) is 11.6 Å². The van der Waals surface area contributed by atoms with Gasteiger partial charge in [0.15, 0.2) is 5.13 Å². The number of pyridine rings is 1. The lowest BCUT2D eigenvalue weighted by Crippen LogP contribution is -2.27. The highest BCUT2D eigenvalue weighted by Crippen LogP contribution is 2.32. The van der Waals surface area contributed by atoms with Crippen LogP contribution in [-0.2, 0) is 0 Å². The van der Waals surface area contributed by atoms with Crippen molar-refractivity contribution in [3.63, 3.8) is 0 Å². The summed E-state index contributed by atoms with van der Waals surface area (Å²) in [6.07, 6.45) is 7.16. The number of hydrogen-bond donors (Lipinski definition) is 2. The molecule has 0 unspecified atom stereocenters. The molecule has 1 aromatic carbocycles. The minimum absolute atomic E-state index is 0.368. The summed E-state index contributed by atoms with van der Waals surface area (Å²) in [5, 5.41) is 7.45. The van der Waals surface area contributed by atoms with E-state index in [1.165, 1.54) is 0 Å². The monoisotopic (exact) mass is 404 g/mol. The average Bonchev–Trinajstić information content (AvgIpc) is 3.18. The first-order valence-electron chi connectivity index (χ1n) is 9.63. The molecule has 5 rings (SSSR count). The van der Waals surface area contributed by atoms with E-state index in [9.17, 15) is 0 Å². The summed E-state index contributed by atoms with van der Waals surface area (Å²) in [6, 6.07) is 11.8. The topological polar surface area (TPSA) is 84.9 Å². The molecule has 0 amide bonds. The third-order valence-corrected chi connectivity index (χ3v) is 5.85. The molecule has 1 aliphatic rings. The molecule has 4 aromatic rings. The number of hydrogen-bond acceptors (Lipinski definition) is 8. The number of ether oxygens (including phenoxy) is 1. The first-order chi connectivity index (χ1) is 14.3. The molecule has 7 nitrogen and oxygen atoms in total. The fourth-order valence-corrected chi connectivity index (χ4v) is 4.32. The standard InChI is InChI=1S/C21H20N6OS/c1-2-4-17-16(3-1)26-21(29-17)27-18-6-5-15(13-25-18)28-20-19(23-11-12-24-20)14-7-9-22-10-8-14/h1-6,11-14,22H,7-10H2,(H,25,26,27). The fourth-order valence-electron chi connectivity index (χ4n) is 3.45. The average molecular weight is 404 g/mol. The van der Waals surface area contributed by atoms with Crippen LogP contribution in [0.25, 0.3) is 10.2 Å². The Balaban J connectivity index is 1.31. The number of piperidine rings is 1. The molecule has 0 aliphatic carbocycles. The maximum Gasteiger partial charge on any atom is 0.241 e. The van der Waals surface area contributed by atoms with Crippen LogP contribution in [0.15, 0.2) is 55.0 Å². The number of aromatic nitrogens is 4. The SMILES string of the molecule is c1ccc2sc(Nc3ccc(Oc4nccnc4C4CCNCC4)cn3)nc2c1. The Labute approximate surface area is 172 Å². The van der Waals surface area contributed by atoms with Crippen molar-refractivity contribution in [2.75, 3.05) is 18.4 Å². The number of anilines is 2. The van der Waals surface area contributed by atoms with Gasteiger partial charge in [-0.25, -0.2) is 15.0 Å². The lowest BCUT2D eigenvalue weighted by atomic mass is 9.94. The maximum absolute atomic E-state index is 6.02. The number of rotatable bonds is 5. The van der Waals surface area contributed by atoms with E-state index in [0.717, 1.165) is 47.0 Å². The highest BCUT2D eigenvalue weighted by Gasteiger charge is 2.21. The van der Waals surface area contributed by atoms with Crippen molar-refractivity contribution < 1.29 is 4.74 Å². The molecule has 2 N–H and O–H groups in total. The van der Waals surface area contributed by atoms with Gasteiger partial charge in [0.2, 0.25) is 5.88 Å². The van der Waals surface area contributed by atoms with Crippen molar-refractivity contribution in [3.8, 4) is 11.6 Å². The molecule has 0 spiro atoms. The third kappa shape index (κ3) is 4.03. The second-order valence-corrected chi connectivity index (χ2v) is 7.89. The zero-order valence-electron chi connectivity index (χ0n) is 15.7. The van der Waals surface area contributed by atoms with Crippen LogP contribution in [0.4, 0.5) is 10.9 Å². The van der Waals surface area contributed by atoms with Gasteiger partial charge in [0.1, 0.15) is 17.3 Å². The van der Waals surface area contributed by atoms with Gasteiger partial charge in [-0.15, -0.1) is 0 Å². The number of nitrogens with zero attached hydrogens (tertiary/aromatic N) is 4. The molecule has 29 heavy (non-hydrogen) atoms. The minimum Gasteiger partial charge on any atom is -0.436 e. The number of fused-ring (bicyclic) bond motifs is 1. The van der Waals surface area contributed by atoms with E-state index >= 15 is 0 Å². The molecule has 0 radical (unpaired) electrons. The summed E-state index contributed by atoms with van der Waals surface area (Å²) < 4.78 is 7.16. The summed E-state index contributed by atoms with van der Waals surface area (Å²) in [6.45, 7) is 1.99. The van der Waals surface area contributed by atoms with Crippen LogP contribution in [0.2, 0.25) is 0 Å². The molecule has 1 saturated heterocycles. The van der Waals surface area contributed by atoms with Gasteiger partial charge < -0.3 is 15.4 Å². The van der Waals surface area contributed by atoms with Gasteiger partial charge in [-0.2, -0.15) is 0 Å². The van der Waals surface area contributed by atoms with Gasteiger partial charge in [-0.3, -0.25) is 4.98 Å². The van der Waals surface area contributed by atoms with Crippen molar-refractivity contribution in [1.29, 1.82) is 0 Å². The van der Waals surface area contributed by atoms with Crippen LogP contribution < -0.4 is 15.4 Å². The second kappa shape index (κ2) is 8.10. The molecule has 4 heterocycles. The van der Waals surface area contributed by atoms with Crippen molar-refractivity contribution in [1.82, 2.24) is 25.3 Å². The van der Waals surface area contributed by atoms with Crippen LogP contribution in [0.1, 0.15) is 24.5 Å². The van der Waals surface area contributed by atoms with Crippen molar-refractivity contribution >= 4 is 32.5 Å².